The molecule has 10 aromatic rings. The van der Waals surface area contributed by atoms with Crippen molar-refractivity contribution in [1.29, 1.82) is 0 Å². The highest BCUT2D eigenvalue weighted by molar-refractivity contribution is 6.10. The van der Waals surface area contributed by atoms with E-state index < -0.39 is 0 Å². The lowest BCUT2D eigenvalue weighted by atomic mass is 10.1. The molecule has 0 bridgehead atoms. The molecule has 3 heterocycles. The largest absolute Gasteiger partial charge is 0.309 e. The molecule has 10 rings (SSSR count). The summed E-state index contributed by atoms with van der Waals surface area (Å²) in [5, 5.41) is 2.44. The van der Waals surface area contributed by atoms with Crippen molar-refractivity contribution in [3.05, 3.63) is 176 Å². The number of benzene rings is 7. The molecule has 0 saturated carbocycles. The number of aromatic nitrogens is 5. The van der Waals surface area contributed by atoms with Crippen molar-refractivity contribution >= 4 is 43.9 Å². The maximum atomic E-state index is 5.37. The van der Waals surface area contributed by atoms with Crippen LogP contribution in [0.1, 0.15) is 0 Å². The highest BCUT2D eigenvalue weighted by Gasteiger charge is 2.23. The monoisotopic (exact) mass is 627 g/mol. The third-order valence-corrected chi connectivity index (χ3v) is 9.47. The molecule has 0 aliphatic heterocycles. The van der Waals surface area contributed by atoms with Gasteiger partial charge in [0.25, 0.3) is 0 Å². The van der Waals surface area contributed by atoms with Gasteiger partial charge in [-0.05, 0) is 78.9 Å². The predicted octanol–water partition coefficient (Wildman–Crippen LogP) is 10.8. The molecule has 49 heavy (non-hydrogen) atoms. The topological polar surface area (TPSA) is 40.6 Å². The summed E-state index contributed by atoms with van der Waals surface area (Å²) < 4.78 is 6.93. The molecule has 0 radical (unpaired) electrons. The number of nitrogens with zero attached hydrogens (tertiary/aromatic N) is 5. The number of para-hydroxylation sites is 8. The maximum absolute atomic E-state index is 5.37. The number of rotatable bonds is 5. The molecule has 5 heteroatoms. The van der Waals surface area contributed by atoms with E-state index in [0.29, 0.717) is 0 Å². The summed E-state index contributed by atoms with van der Waals surface area (Å²) in [6.45, 7) is 0. The minimum atomic E-state index is 0.869. The molecule has 0 fully saturated rings. The van der Waals surface area contributed by atoms with E-state index in [0.717, 1.165) is 72.9 Å². The van der Waals surface area contributed by atoms with Crippen molar-refractivity contribution in [2.24, 2.45) is 0 Å². The van der Waals surface area contributed by atoms with Crippen molar-refractivity contribution in [2.75, 3.05) is 0 Å². The zero-order chi connectivity index (χ0) is 32.3. The fraction of sp³-hybridized carbons (Fsp3) is 0. The van der Waals surface area contributed by atoms with Crippen LogP contribution in [0.15, 0.2) is 176 Å². The van der Waals surface area contributed by atoms with Gasteiger partial charge in [0, 0.05) is 33.3 Å². The summed E-state index contributed by atoms with van der Waals surface area (Å²) in [6.07, 6.45) is 0. The van der Waals surface area contributed by atoms with E-state index in [1.165, 1.54) is 10.8 Å². The predicted molar refractivity (Wildman–Crippen MR) is 201 cm³/mol. The number of imidazole rings is 2. The minimum absolute atomic E-state index is 0.869. The van der Waals surface area contributed by atoms with Crippen molar-refractivity contribution < 1.29 is 0 Å². The SMILES string of the molecule is c1ccc(-n2c(-c3ccc(-n4c5ccccc5c5ccccc54)c(-c4nc5ccccc5n4-c4ccccc4)c3)nc3ccccc32)cc1. The Bertz CT molecular complexity index is 2770. The first-order valence-electron chi connectivity index (χ1n) is 16.5. The molecule has 230 valence electrons. The quantitative estimate of drug-likeness (QED) is 0.190. The Balaban J connectivity index is 1.33. The number of hydrogen-bond donors (Lipinski definition) is 0. The molecule has 5 nitrogen and oxygen atoms in total. The Hall–Kier alpha value is -6.72. The van der Waals surface area contributed by atoms with Gasteiger partial charge in [0.05, 0.1) is 38.8 Å². The van der Waals surface area contributed by atoms with E-state index in [9.17, 15) is 0 Å². The Morgan fingerprint density at radius 3 is 1.37 bits per heavy atom. The second-order valence-corrected chi connectivity index (χ2v) is 12.3. The first kappa shape index (κ1) is 27.4. The summed E-state index contributed by atoms with van der Waals surface area (Å²) in [5.74, 6) is 1.75. The van der Waals surface area contributed by atoms with E-state index in [2.05, 4.69) is 184 Å². The van der Waals surface area contributed by atoms with Crippen LogP contribution in [0.3, 0.4) is 0 Å². The van der Waals surface area contributed by atoms with Gasteiger partial charge in [-0.2, -0.15) is 0 Å². The Morgan fingerprint density at radius 1 is 0.347 bits per heavy atom. The van der Waals surface area contributed by atoms with Gasteiger partial charge >= 0.3 is 0 Å². The molecule has 0 spiro atoms. The van der Waals surface area contributed by atoms with Gasteiger partial charge < -0.3 is 4.57 Å². The normalized spacial score (nSPS) is 11.7. The molecule has 3 aromatic heterocycles. The van der Waals surface area contributed by atoms with Crippen molar-refractivity contribution in [1.82, 2.24) is 23.7 Å². The summed E-state index contributed by atoms with van der Waals surface area (Å²) >= 11 is 0. The Labute approximate surface area is 282 Å². The van der Waals surface area contributed by atoms with Crippen LogP contribution in [0, 0.1) is 0 Å². The van der Waals surface area contributed by atoms with E-state index in [1.807, 2.05) is 6.07 Å². The molecule has 0 unspecified atom stereocenters. The first-order valence-corrected chi connectivity index (χ1v) is 16.5. The molecular weight excluding hydrogens is 599 g/mol. The molecule has 7 aromatic carbocycles. The average Bonchev–Trinajstić information content (AvgIpc) is 3.85. The van der Waals surface area contributed by atoms with Gasteiger partial charge in [-0.25, -0.2) is 9.97 Å². The molecule has 0 N–H and O–H groups in total. The number of hydrogen-bond acceptors (Lipinski definition) is 2. The second-order valence-electron chi connectivity index (χ2n) is 12.3. The average molecular weight is 628 g/mol. The van der Waals surface area contributed by atoms with E-state index >= 15 is 0 Å². The molecule has 0 saturated heterocycles. The lowest BCUT2D eigenvalue weighted by molar-refractivity contribution is 1.08. The summed E-state index contributed by atoms with van der Waals surface area (Å²) in [5.41, 5.74) is 11.5. The minimum Gasteiger partial charge on any atom is -0.309 e. The maximum Gasteiger partial charge on any atom is 0.147 e. The third-order valence-electron chi connectivity index (χ3n) is 9.47. The standard InChI is InChI=1S/C44H29N5/c1-3-15-31(16-4-1)47-41-25-13-9-21-36(41)45-43(47)30-27-28-40(49-38-23-11-7-19-33(38)34-20-8-12-24-39(34)49)35(29-30)44-46-37-22-10-14-26-42(37)48(44)32-17-5-2-6-18-32/h1-29H. The lowest BCUT2D eigenvalue weighted by Gasteiger charge is -2.17. The summed E-state index contributed by atoms with van der Waals surface area (Å²) in [7, 11) is 0. The van der Waals surface area contributed by atoms with Crippen LogP contribution in [-0.4, -0.2) is 23.7 Å². The zero-order valence-electron chi connectivity index (χ0n) is 26.5. The van der Waals surface area contributed by atoms with Gasteiger partial charge in [0.2, 0.25) is 0 Å². The van der Waals surface area contributed by atoms with Gasteiger partial charge in [-0.1, -0.05) is 97.1 Å². The summed E-state index contributed by atoms with van der Waals surface area (Å²) in [6, 6.07) is 61.8. The van der Waals surface area contributed by atoms with E-state index in [-0.39, 0.29) is 0 Å². The fourth-order valence-electron chi connectivity index (χ4n) is 7.33. The number of fused-ring (bicyclic) bond motifs is 5. The second kappa shape index (κ2) is 10.9. The van der Waals surface area contributed by atoms with Gasteiger partial charge in [0.15, 0.2) is 0 Å². The molecule has 0 amide bonds. The van der Waals surface area contributed by atoms with Gasteiger partial charge in [-0.3, -0.25) is 9.13 Å². The van der Waals surface area contributed by atoms with Crippen molar-refractivity contribution in [3.8, 4) is 39.8 Å². The van der Waals surface area contributed by atoms with Crippen LogP contribution in [0.4, 0.5) is 0 Å². The van der Waals surface area contributed by atoms with Crippen LogP contribution < -0.4 is 0 Å². The third kappa shape index (κ3) is 4.26. The van der Waals surface area contributed by atoms with E-state index in [1.54, 1.807) is 0 Å². The summed E-state index contributed by atoms with van der Waals surface area (Å²) in [4.78, 5) is 10.6. The molecule has 0 atom stereocenters. The van der Waals surface area contributed by atoms with Crippen LogP contribution in [0.2, 0.25) is 0 Å². The Morgan fingerprint density at radius 2 is 0.796 bits per heavy atom. The van der Waals surface area contributed by atoms with Crippen LogP contribution >= 0.6 is 0 Å². The smallest absolute Gasteiger partial charge is 0.147 e. The highest BCUT2D eigenvalue weighted by Crippen LogP contribution is 2.40. The van der Waals surface area contributed by atoms with Gasteiger partial charge in [0.1, 0.15) is 11.6 Å². The van der Waals surface area contributed by atoms with Crippen molar-refractivity contribution in [2.45, 2.75) is 0 Å². The lowest BCUT2D eigenvalue weighted by Crippen LogP contribution is -2.04. The molecule has 0 aliphatic carbocycles. The fourth-order valence-corrected chi connectivity index (χ4v) is 7.33. The zero-order valence-corrected chi connectivity index (χ0v) is 26.5. The highest BCUT2D eigenvalue weighted by atomic mass is 15.1. The van der Waals surface area contributed by atoms with Gasteiger partial charge in [-0.15, -0.1) is 0 Å². The van der Waals surface area contributed by atoms with Crippen LogP contribution in [-0.2, 0) is 0 Å². The van der Waals surface area contributed by atoms with E-state index in [4.69, 9.17) is 9.97 Å². The molecule has 0 aliphatic rings. The van der Waals surface area contributed by atoms with Crippen LogP contribution in [0.25, 0.3) is 83.7 Å². The van der Waals surface area contributed by atoms with Crippen LogP contribution in [0.5, 0.6) is 0 Å². The first-order chi connectivity index (χ1) is 24.3. The Kier molecular flexibility index (Phi) is 6.11. The molecular formula is C44H29N5. The van der Waals surface area contributed by atoms with Crippen molar-refractivity contribution in [3.63, 3.8) is 0 Å².